The molecule has 0 aromatic rings. The standard InChI is InChI=1S/C13H23FN2O/c1-5-7-8-10(3)9-15-13(17)12(16-14)11(4)6-2/h5,11-12,16H,1,3,6-9H2,2,4H3,(H,15,17)/t11-,12?/m0/s1. The van der Waals surface area contributed by atoms with Gasteiger partial charge < -0.3 is 5.32 Å². The van der Waals surface area contributed by atoms with Gasteiger partial charge in [0.25, 0.3) is 0 Å². The fraction of sp³-hybridized carbons (Fsp3) is 0.615. The highest BCUT2D eigenvalue weighted by Gasteiger charge is 2.23. The van der Waals surface area contributed by atoms with Crippen LogP contribution in [0, 0.1) is 5.92 Å². The van der Waals surface area contributed by atoms with Crippen LogP contribution in [0.25, 0.3) is 0 Å². The Balaban J connectivity index is 4.06. The third-order valence-corrected chi connectivity index (χ3v) is 2.83. The summed E-state index contributed by atoms with van der Waals surface area (Å²) < 4.78 is 12.5. The molecule has 0 rings (SSSR count). The van der Waals surface area contributed by atoms with Gasteiger partial charge >= 0.3 is 0 Å². The molecule has 0 fully saturated rings. The average molecular weight is 242 g/mol. The van der Waals surface area contributed by atoms with Crippen LogP contribution in [-0.4, -0.2) is 18.5 Å². The molecule has 0 heterocycles. The summed E-state index contributed by atoms with van der Waals surface area (Å²) in [5.41, 5.74) is 2.48. The van der Waals surface area contributed by atoms with Crippen molar-refractivity contribution in [3.8, 4) is 0 Å². The SMILES string of the molecule is C=CCCC(=C)CNC(=O)C(NF)[C@@H](C)CC. The van der Waals surface area contributed by atoms with E-state index in [0.29, 0.717) is 6.54 Å². The van der Waals surface area contributed by atoms with Crippen molar-refractivity contribution in [2.45, 2.75) is 39.2 Å². The first-order valence-electron chi connectivity index (χ1n) is 5.98. The molecule has 2 atom stereocenters. The summed E-state index contributed by atoms with van der Waals surface area (Å²) in [6, 6.07) is -0.785. The number of amides is 1. The van der Waals surface area contributed by atoms with E-state index in [-0.39, 0.29) is 11.8 Å². The summed E-state index contributed by atoms with van der Waals surface area (Å²) in [5, 5.41) is 2.68. The van der Waals surface area contributed by atoms with E-state index in [9.17, 15) is 9.28 Å². The van der Waals surface area contributed by atoms with Gasteiger partial charge in [0.2, 0.25) is 5.91 Å². The summed E-state index contributed by atoms with van der Waals surface area (Å²) in [7, 11) is 0. The zero-order valence-electron chi connectivity index (χ0n) is 10.8. The molecule has 0 radical (unpaired) electrons. The van der Waals surface area contributed by atoms with Crippen molar-refractivity contribution in [3.05, 3.63) is 24.8 Å². The maximum atomic E-state index is 12.5. The number of halogens is 1. The third-order valence-electron chi connectivity index (χ3n) is 2.83. The minimum atomic E-state index is -0.785. The van der Waals surface area contributed by atoms with Crippen LogP contribution >= 0.6 is 0 Å². The minimum Gasteiger partial charge on any atom is -0.351 e. The molecule has 4 heteroatoms. The van der Waals surface area contributed by atoms with E-state index >= 15 is 0 Å². The Morgan fingerprint density at radius 2 is 2.18 bits per heavy atom. The van der Waals surface area contributed by atoms with E-state index in [2.05, 4.69) is 18.5 Å². The summed E-state index contributed by atoms with van der Waals surface area (Å²) in [5.74, 6) is -0.358. The molecular weight excluding hydrogens is 219 g/mol. The molecule has 0 saturated heterocycles. The number of hydrogen-bond donors (Lipinski definition) is 2. The molecule has 2 N–H and O–H groups in total. The van der Waals surface area contributed by atoms with Crippen molar-refractivity contribution in [1.82, 2.24) is 10.9 Å². The topological polar surface area (TPSA) is 41.1 Å². The first kappa shape index (κ1) is 15.8. The normalized spacial score (nSPS) is 13.8. The second-order valence-corrected chi connectivity index (χ2v) is 4.27. The number of hydrogen-bond acceptors (Lipinski definition) is 2. The van der Waals surface area contributed by atoms with Crippen molar-refractivity contribution >= 4 is 5.91 Å². The number of carbonyl (C=O) groups excluding carboxylic acids is 1. The quantitative estimate of drug-likeness (QED) is 0.482. The fourth-order valence-corrected chi connectivity index (χ4v) is 1.37. The number of carbonyl (C=O) groups is 1. The molecule has 0 aliphatic heterocycles. The molecule has 0 aromatic carbocycles. The van der Waals surface area contributed by atoms with E-state index in [0.717, 1.165) is 24.8 Å². The van der Waals surface area contributed by atoms with Crippen molar-refractivity contribution in [1.29, 1.82) is 0 Å². The molecule has 98 valence electrons. The van der Waals surface area contributed by atoms with Gasteiger partial charge in [0.1, 0.15) is 6.04 Å². The zero-order valence-corrected chi connectivity index (χ0v) is 10.8. The number of rotatable bonds is 9. The Hall–Kier alpha value is -1.16. The fourth-order valence-electron chi connectivity index (χ4n) is 1.37. The highest BCUT2D eigenvalue weighted by atomic mass is 19.2. The van der Waals surface area contributed by atoms with Gasteiger partial charge in [0.15, 0.2) is 0 Å². The van der Waals surface area contributed by atoms with Crippen molar-refractivity contribution in [2.24, 2.45) is 5.92 Å². The second kappa shape index (κ2) is 8.93. The van der Waals surface area contributed by atoms with Crippen molar-refractivity contribution in [2.75, 3.05) is 6.54 Å². The maximum absolute atomic E-state index is 12.5. The Morgan fingerprint density at radius 1 is 1.53 bits per heavy atom. The molecule has 0 saturated carbocycles. The van der Waals surface area contributed by atoms with E-state index in [1.54, 1.807) is 11.6 Å². The van der Waals surface area contributed by atoms with E-state index < -0.39 is 6.04 Å². The third kappa shape index (κ3) is 6.22. The summed E-state index contributed by atoms with van der Waals surface area (Å²) >= 11 is 0. The molecule has 0 aromatic heterocycles. The molecule has 1 unspecified atom stereocenters. The van der Waals surface area contributed by atoms with Gasteiger partial charge in [-0.3, -0.25) is 4.79 Å². The van der Waals surface area contributed by atoms with Crippen LogP contribution in [0.2, 0.25) is 0 Å². The van der Waals surface area contributed by atoms with Crippen LogP contribution in [0.15, 0.2) is 24.8 Å². The predicted molar refractivity (Wildman–Crippen MR) is 69.1 cm³/mol. The monoisotopic (exact) mass is 242 g/mol. The first-order valence-corrected chi connectivity index (χ1v) is 5.98. The summed E-state index contributed by atoms with van der Waals surface area (Å²) in [6.45, 7) is 11.6. The highest BCUT2D eigenvalue weighted by Crippen LogP contribution is 2.08. The van der Waals surface area contributed by atoms with Gasteiger partial charge in [0.05, 0.1) is 0 Å². The van der Waals surface area contributed by atoms with Crippen molar-refractivity contribution in [3.63, 3.8) is 0 Å². The Kier molecular flexibility index (Phi) is 8.32. The van der Waals surface area contributed by atoms with E-state index in [1.165, 1.54) is 0 Å². The lowest BCUT2D eigenvalue weighted by Gasteiger charge is -2.19. The smallest absolute Gasteiger partial charge is 0.240 e. The molecule has 0 spiro atoms. The molecule has 0 aliphatic carbocycles. The minimum absolute atomic E-state index is 0.0403. The lowest BCUT2D eigenvalue weighted by Crippen LogP contribution is -2.45. The van der Waals surface area contributed by atoms with Crippen LogP contribution < -0.4 is 10.9 Å². The molecule has 0 bridgehead atoms. The first-order chi connectivity index (χ1) is 8.06. The van der Waals surface area contributed by atoms with E-state index in [1.807, 2.05) is 13.8 Å². The van der Waals surface area contributed by atoms with Gasteiger partial charge in [-0.2, -0.15) is 0 Å². The predicted octanol–water partition coefficient (Wildman–Crippen LogP) is 2.51. The van der Waals surface area contributed by atoms with Gasteiger partial charge in [-0.25, -0.2) is 0 Å². The summed E-state index contributed by atoms with van der Waals surface area (Å²) in [6.07, 6.45) is 4.18. The van der Waals surface area contributed by atoms with Gasteiger partial charge in [-0.1, -0.05) is 38.5 Å². The van der Waals surface area contributed by atoms with Crippen molar-refractivity contribution < 1.29 is 9.28 Å². The van der Waals surface area contributed by atoms with Crippen LogP contribution in [0.3, 0.4) is 0 Å². The molecule has 17 heavy (non-hydrogen) atoms. The second-order valence-electron chi connectivity index (χ2n) is 4.27. The average Bonchev–Trinajstić information content (AvgIpc) is 2.34. The molecule has 0 aliphatic rings. The zero-order chi connectivity index (χ0) is 13.3. The molecule has 1 amide bonds. The molecular formula is C13H23FN2O. The Bertz CT molecular complexity index is 266. The number of allylic oxidation sites excluding steroid dienone is 1. The van der Waals surface area contributed by atoms with Crippen LogP contribution in [0.5, 0.6) is 0 Å². The number of nitrogens with one attached hydrogen (secondary N) is 2. The van der Waals surface area contributed by atoms with Gasteiger partial charge in [-0.05, 0) is 18.8 Å². The van der Waals surface area contributed by atoms with Gasteiger partial charge in [-0.15, -0.1) is 16.6 Å². The summed E-state index contributed by atoms with van der Waals surface area (Å²) in [4.78, 5) is 11.7. The van der Waals surface area contributed by atoms with Gasteiger partial charge in [0, 0.05) is 6.54 Å². The highest BCUT2D eigenvalue weighted by molar-refractivity contribution is 5.82. The maximum Gasteiger partial charge on any atom is 0.240 e. The van der Waals surface area contributed by atoms with E-state index in [4.69, 9.17) is 0 Å². The Labute approximate surface area is 103 Å². The molecule has 3 nitrogen and oxygen atoms in total. The lowest BCUT2D eigenvalue weighted by atomic mass is 9.99. The Morgan fingerprint density at radius 3 is 2.65 bits per heavy atom. The van der Waals surface area contributed by atoms with Crippen LogP contribution in [0.1, 0.15) is 33.1 Å². The lowest BCUT2D eigenvalue weighted by molar-refractivity contribution is -0.125. The largest absolute Gasteiger partial charge is 0.351 e. The van der Waals surface area contributed by atoms with Crippen LogP contribution in [0.4, 0.5) is 4.48 Å². The van der Waals surface area contributed by atoms with Crippen LogP contribution in [-0.2, 0) is 4.79 Å².